The Morgan fingerprint density at radius 3 is 3.00 bits per heavy atom. The second-order valence-corrected chi connectivity index (χ2v) is 5.85. The zero-order chi connectivity index (χ0) is 13.2. The topological polar surface area (TPSA) is 51.0 Å². The Morgan fingerprint density at radius 1 is 1.37 bits per heavy atom. The number of piperidine rings is 1. The Bertz CT molecular complexity index is 581. The summed E-state index contributed by atoms with van der Waals surface area (Å²) < 4.78 is 6.18. The van der Waals surface area contributed by atoms with E-state index in [0.29, 0.717) is 16.7 Å². The van der Waals surface area contributed by atoms with E-state index >= 15 is 0 Å². The lowest BCUT2D eigenvalue weighted by molar-refractivity contribution is 0.297. The van der Waals surface area contributed by atoms with Crippen LogP contribution in [0.4, 0.5) is 0 Å². The van der Waals surface area contributed by atoms with Gasteiger partial charge in [0.15, 0.2) is 0 Å². The maximum absolute atomic E-state index is 5.97. The van der Waals surface area contributed by atoms with Crippen molar-refractivity contribution in [1.29, 1.82) is 0 Å². The van der Waals surface area contributed by atoms with Gasteiger partial charge in [0.1, 0.15) is 0 Å². The number of nitrogens with one attached hydrogen (secondary N) is 1. The molecule has 3 rings (SSSR count). The predicted octanol–water partition coefficient (Wildman–Crippen LogP) is 3.97. The molecule has 2 aromatic rings. The Hall–Kier alpha value is -0.910. The normalized spacial score (nSPS) is 19.6. The highest BCUT2D eigenvalue weighted by Crippen LogP contribution is 2.29. The minimum atomic E-state index is 0.186. The summed E-state index contributed by atoms with van der Waals surface area (Å²) in [5.74, 6) is 1.26. The van der Waals surface area contributed by atoms with E-state index in [9.17, 15) is 0 Å². The molecule has 1 unspecified atom stereocenters. The van der Waals surface area contributed by atoms with E-state index in [4.69, 9.17) is 16.1 Å². The fourth-order valence-electron chi connectivity index (χ4n) is 2.19. The largest absolute Gasteiger partial charge is 0.337 e. The molecule has 0 bridgehead atoms. The van der Waals surface area contributed by atoms with Gasteiger partial charge in [-0.05, 0) is 53.5 Å². The summed E-state index contributed by atoms with van der Waals surface area (Å²) in [6, 6.07) is 5.78. The molecule has 0 saturated carbocycles. The molecule has 0 amide bonds. The minimum absolute atomic E-state index is 0.186. The van der Waals surface area contributed by atoms with Crippen molar-refractivity contribution in [3.05, 3.63) is 33.6 Å². The number of aromatic nitrogens is 2. The van der Waals surface area contributed by atoms with Crippen molar-refractivity contribution in [1.82, 2.24) is 15.5 Å². The number of rotatable bonds is 2. The molecule has 1 fully saturated rings. The van der Waals surface area contributed by atoms with Crippen LogP contribution in [0.1, 0.15) is 31.2 Å². The fraction of sp³-hybridized carbons (Fsp3) is 0.385. The molecular formula is C13H13BrClN3O. The van der Waals surface area contributed by atoms with Crippen molar-refractivity contribution in [2.24, 2.45) is 0 Å². The molecule has 0 radical (unpaired) electrons. The smallest absolute Gasteiger partial charge is 0.244 e. The average Bonchev–Trinajstić information content (AvgIpc) is 2.93. The lowest BCUT2D eigenvalue weighted by atomic mass is 10.1. The van der Waals surface area contributed by atoms with Gasteiger partial charge in [-0.3, -0.25) is 0 Å². The molecule has 1 N–H and O–H groups in total. The fourth-order valence-corrected chi connectivity index (χ4v) is 2.69. The van der Waals surface area contributed by atoms with Gasteiger partial charge in [0.25, 0.3) is 0 Å². The first-order valence-electron chi connectivity index (χ1n) is 6.26. The second-order valence-electron chi connectivity index (χ2n) is 4.59. The quantitative estimate of drug-likeness (QED) is 0.897. The van der Waals surface area contributed by atoms with Gasteiger partial charge in [0.05, 0.1) is 11.1 Å². The molecule has 1 aliphatic rings. The molecule has 2 heterocycles. The lowest BCUT2D eigenvalue weighted by Gasteiger charge is -2.19. The molecule has 19 heavy (non-hydrogen) atoms. The summed E-state index contributed by atoms with van der Waals surface area (Å²) in [5.41, 5.74) is 0.891. The van der Waals surface area contributed by atoms with Crippen LogP contribution >= 0.6 is 27.5 Å². The number of hydrogen-bond donors (Lipinski definition) is 1. The van der Waals surface area contributed by atoms with Crippen LogP contribution in [-0.4, -0.2) is 16.7 Å². The second kappa shape index (κ2) is 5.61. The van der Waals surface area contributed by atoms with E-state index in [1.54, 1.807) is 0 Å². The van der Waals surface area contributed by atoms with E-state index in [1.807, 2.05) is 18.2 Å². The molecule has 1 aromatic heterocycles. The van der Waals surface area contributed by atoms with Crippen molar-refractivity contribution in [2.75, 3.05) is 6.54 Å². The molecule has 6 heteroatoms. The summed E-state index contributed by atoms with van der Waals surface area (Å²) in [6.45, 7) is 1.01. The van der Waals surface area contributed by atoms with E-state index in [0.717, 1.165) is 23.0 Å². The molecule has 1 aromatic carbocycles. The van der Waals surface area contributed by atoms with Crippen molar-refractivity contribution < 1.29 is 4.52 Å². The molecular weight excluding hydrogens is 330 g/mol. The standard InChI is InChI=1S/C13H13BrClN3O/c14-9-7-8(4-5-10(9)15)12-17-13(19-18-12)11-3-1-2-6-16-11/h4-5,7,11,16H,1-3,6H2. The average molecular weight is 343 g/mol. The SMILES string of the molecule is Clc1ccc(-c2noc(C3CCCCN3)n2)cc1Br. The Labute approximate surface area is 124 Å². The summed E-state index contributed by atoms with van der Waals surface area (Å²) >= 11 is 9.37. The molecule has 1 saturated heterocycles. The van der Waals surface area contributed by atoms with Gasteiger partial charge in [0, 0.05) is 10.0 Å². The van der Waals surface area contributed by atoms with Gasteiger partial charge in [-0.2, -0.15) is 4.98 Å². The van der Waals surface area contributed by atoms with Crippen LogP contribution in [0.2, 0.25) is 5.02 Å². The van der Waals surface area contributed by atoms with Crippen LogP contribution in [0.3, 0.4) is 0 Å². The maximum atomic E-state index is 5.97. The molecule has 100 valence electrons. The zero-order valence-corrected chi connectivity index (χ0v) is 12.5. The van der Waals surface area contributed by atoms with Gasteiger partial charge in [-0.15, -0.1) is 0 Å². The van der Waals surface area contributed by atoms with Gasteiger partial charge in [-0.25, -0.2) is 0 Å². The Balaban J connectivity index is 1.85. The first kappa shape index (κ1) is 13.1. The van der Waals surface area contributed by atoms with Crippen LogP contribution < -0.4 is 5.32 Å². The van der Waals surface area contributed by atoms with Crippen molar-refractivity contribution >= 4 is 27.5 Å². The van der Waals surface area contributed by atoms with Gasteiger partial charge < -0.3 is 9.84 Å². The summed E-state index contributed by atoms with van der Waals surface area (Å²) in [7, 11) is 0. The lowest BCUT2D eigenvalue weighted by Crippen LogP contribution is -2.26. The summed E-state index contributed by atoms with van der Waals surface area (Å²) in [4.78, 5) is 4.47. The monoisotopic (exact) mass is 341 g/mol. The van der Waals surface area contributed by atoms with Crippen LogP contribution in [0.15, 0.2) is 27.2 Å². The molecule has 0 spiro atoms. The van der Waals surface area contributed by atoms with Gasteiger partial charge in [-0.1, -0.05) is 23.2 Å². The highest BCUT2D eigenvalue weighted by atomic mass is 79.9. The van der Waals surface area contributed by atoms with E-state index in [1.165, 1.54) is 12.8 Å². The highest BCUT2D eigenvalue weighted by Gasteiger charge is 2.21. The third-order valence-corrected chi connectivity index (χ3v) is 4.44. The van der Waals surface area contributed by atoms with Gasteiger partial charge in [0.2, 0.25) is 11.7 Å². The minimum Gasteiger partial charge on any atom is -0.337 e. The Kier molecular flexibility index (Phi) is 3.86. The van der Waals surface area contributed by atoms with E-state index < -0.39 is 0 Å². The highest BCUT2D eigenvalue weighted by molar-refractivity contribution is 9.10. The number of nitrogens with zero attached hydrogens (tertiary/aromatic N) is 2. The summed E-state index contributed by atoms with van der Waals surface area (Å²) in [6.07, 6.45) is 3.45. The molecule has 1 aliphatic heterocycles. The maximum Gasteiger partial charge on any atom is 0.244 e. The van der Waals surface area contributed by atoms with Crippen molar-refractivity contribution in [3.8, 4) is 11.4 Å². The Morgan fingerprint density at radius 2 is 2.26 bits per heavy atom. The van der Waals surface area contributed by atoms with Crippen molar-refractivity contribution in [3.63, 3.8) is 0 Å². The van der Waals surface area contributed by atoms with Crippen molar-refractivity contribution in [2.45, 2.75) is 25.3 Å². The molecule has 0 aliphatic carbocycles. The molecule has 1 atom stereocenters. The third-order valence-electron chi connectivity index (χ3n) is 3.23. The zero-order valence-electron chi connectivity index (χ0n) is 10.2. The van der Waals surface area contributed by atoms with Crippen LogP contribution in [0.25, 0.3) is 11.4 Å². The first-order valence-corrected chi connectivity index (χ1v) is 7.43. The van der Waals surface area contributed by atoms with E-state index in [2.05, 4.69) is 31.4 Å². The third kappa shape index (κ3) is 2.83. The van der Waals surface area contributed by atoms with Crippen LogP contribution in [0.5, 0.6) is 0 Å². The number of halogens is 2. The summed E-state index contributed by atoms with van der Waals surface area (Å²) in [5, 5.41) is 8.10. The number of hydrogen-bond acceptors (Lipinski definition) is 4. The predicted molar refractivity (Wildman–Crippen MR) is 77.0 cm³/mol. The number of benzene rings is 1. The van der Waals surface area contributed by atoms with Crippen LogP contribution in [-0.2, 0) is 0 Å². The first-order chi connectivity index (χ1) is 9.24. The van der Waals surface area contributed by atoms with Crippen LogP contribution in [0, 0.1) is 0 Å². The molecule has 4 nitrogen and oxygen atoms in total. The van der Waals surface area contributed by atoms with Gasteiger partial charge >= 0.3 is 0 Å². The van der Waals surface area contributed by atoms with E-state index in [-0.39, 0.29) is 6.04 Å².